The summed E-state index contributed by atoms with van der Waals surface area (Å²) in [7, 11) is 0. The van der Waals surface area contributed by atoms with Gasteiger partial charge in [-0.05, 0) is 28.8 Å². The smallest absolute Gasteiger partial charge is 0.335 e. The van der Waals surface area contributed by atoms with Gasteiger partial charge >= 0.3 is 6.18 Å². The molecule has 4 rings (SSSR count). The van der Waals surface area contributed by atoms with Crippen LogP contribution in [0.2, 0.25) is 10.0 Å². The number of nitrogens with zero attached hydrogens (tertiary/aromatic N) is 3. The van der Waals surface area contributed by atoms with Gasteiger partial charge in [0.05, 0.1) is 29.2 Å². The van der Waals surface area contributed by atoms with E-state index in [0.717, 1.165) is 12.1 Å². The second kappa shape index (κ2) is 8.45. The van der Waals surface area contributed by atoms with Crippen LogP contribution in [0.5, 0.6) is 0 Å². The van der Waals surface area contributed by atoms with Crippen molar-refractivity contribution in [2.45, 2.75) is 43.7 Å². The SMILES string of the molecule is CC(C)C(=O)N1CC(F)(c2ccc(C3CC(c4cc(Cl)c(F)c(Cl)c4)(C(F)(F)F)N=N3)cc2)C1. The summed E-state index contributed by atoms with van der Waals surface area (Å²) in [6.45, 7) is 3.33. The number of rotatable bonds is 4. The maximum absolute atomic E-state index is 15.2. The highest BCUT2D eigenvalue weighted by Crippen LogP contribution is 2.54. The second-order valence-corrected chi connectivity index (χ2v) is 9.80. The van der Waals surface area contributed by atoms with Crippen LogP contribution in [0.15, 0.2) is 46.6 Å². The highest BCUT2D eigenvalue weighted by atomic mass is 35.5. The van der Waals surface area contributed by atoms with Gasteiger partial charge in [0, 0.05) is 12.3 Å². The van der Waals surface area contributed by atoms with E-state index in [2.05, 4.69) is 10.2 Å². The molecular weight excluding hydrogens is 500 g/mol. The number of hydrogen-bond acceptors (Lipinski definition) is 3. The van der Waals surface area contributed by atoms with Crippen LogP contribution in [0.4, 0.5) is 22.0 Å². The predicted molar refractivity (Wildman–Crippen MR) is 117 cm³/mol. The summed E-state index contributed by atoms with van der Waals surface area (Å²) >= 11 is 11.5. The molecule has 0 saturated carbocycles. The molecule has 0 spiro atoms. The Hall–Kier alpha value is -2.26. The molecule has 0 aromatic heterocycles. The van der Waals surface area contributed by atoms with E-state index < -0.39 is 51.3 Å². The Morgan fingerprint density at radius 1 is 1.09 bits per heavy atom. The molecule has 2 heterocycles. The number of hydrogen-bond donors (Lipinski definition) is 0. The van der Waals surface area contributed by atoms with Crippen LogP contribution >= 0.6 is 23.2 Å². The first-order chi connectivity index (χ1) is 15.8. The van der Waals surface area contributed by atoms with Crippen molar-refractivity contribution < 1.29 is 26.7 Å². The molecule has 2 aromatic rings. The maximum Gasteiger partial charge on any atom is 0.419 e. The van der Waals surface area contributed by atoms with Crippen molar-refractivity contribution in [2.75, 3.05) is 13.1 Å². The van der Waals surface area contributed by atoms with Crippen molar-refractivity contribution in [3.05, 3.63) is 69.0 Å². The molecule has 2 aromatic carbocycles. The van der Waals surface area contributed by atoms with Crippen molar-refractivity contribution in [3.63, 3.8) is 0 Å². The Morgan fingerprint density at radius 2 is 1.65 bits per heavy atom. The summed E-state index contributed by atoms with van der Waals surface area (Å²) in [5, 5.41) is 6.31. The highest BCUT2D eigenvalue weighted by molar-refractivity contribution is 6.35. The van der Waals surface area contributed by atoms with Crippen LogP contribution < -0.4 is 0 Å². The van der Waals surface area contributed by atoms with Crippen LogP contribution in [0.1, 0.15) is 43.0 Å². The van der Waals surface area contributed by atoms with Gasteiger partial charge in [0.25, 0.3) is 0 Å². The zero-order valence-electron chi connectivity index (χ0n) is 18.1. The van der Waals surface area contributed by atoms with Crippen LogP contribution in [-0.2, 0) is 16.0 Å². The molecule has 1 saturated heterocycles. The Bertz CT molecular complexity index is 1120. The van der Waals surface area contributed by atoms with Gasteiger partial charge in [0.1, 0.15) is 0 Å². The summed E-state index contributed by atoms with van der Waals surface area (Å²) in [6, 6.07) is 6.73. The molecule has 182 valence electrons. The van der Waals surface area contributed by atoms with E-state index in [-0.39, 0.29) is 24.9 Å². The number of amides is 1. The molecule has 34 heavy (non-hydrogen) atoms. The Balaban J connectivity index is 1.56. The third-order valence-electron chi connectivity index (χ3n) is 6.29. The maximum atomic E-state index is 15.2. The fraction of sp³-hybridized carbons (Fsp3) is 0.435. The summed E-state index contributed by atoms with van der Waals surface area (Å²) in [5.74, 6) is -1.39. The van der Waals surface area contributed by atoms with E-state index in [9.17, 15) is 22.4 Å². The van der Waals surface area contributed by atoms with E-state index >= 15 is 4.39 Å². The van der Waals surface area contributed by atoms with Crippen LogP contribution in [0.25, 0.3) is 0 Å². The largest absolute Gasteiger partial charge is 0.419 e. The van der Waals surface area contributed by atoms with Crippen LogP contribution in [0, 0.1) is 11.7 Å². The number of carbonyl (C=O) groups excluding carboxylic acids is 1. The van der Waals surface area contributed by atoms with Gasteiger partial charge in [-0.3, -0.25) is 4.79 Å². The predicted octanol–water partition coefficient (Wildman–Crippen LogP) is 7.15. The molecular formula is C23H20Cl2F5N3O. The molecule has 0 N–H and O–H groups in total. The first-order valence-corrected chi connectivity index (χ1v) is 11.2. The van der Waals surface area contributed by atoms with Gasteiger partial charge in [0.15, 0.2) is 11.5 Å². The number of halogens is 7. The second-order valence-electron chi connectivity index (χ2n) is 8.98. The molecule has 2 aliphatic heterocycles. The van der Waals surface area contributed by atoms with Crippen molar-refractivity contribution >= 4 is 29.1 Å². The molecule has 0 radical (unpaired) electrons. The summed E-state index contributed by atoms with van der Waals surface area (Å²) in [5.41, 5.74) is -4.12. The molecule has 2 atom stereocenters. The average Bonchev–Trinajstić information content (AvgIpc) is 3.21. The van der Waals surface area contributed by atoms with Crippen molar-refractivity contribution in [2.24, 2.45) is 16.1 Å². The molecule has 2 aliphatic rings. The fourth-order valence-electron chi connectivity index (χ4n) is 4.29. The lowest BCUT2D eigenvalue weighted by molar-refractivity contribution is -0.188. The molecule has 1 fully saturated rings. The quantitative estimate of drug-likeness (QED) is 0.312. The topological polar surface area (TPSA) is 45.0 Å². The van der Waals surface area contributed by atoms with E-state index in [0.29, 0.717) is 11.1 Å². The lowest BCUT2D eigenvalue weighted by Crippen LogP contribution is -2.59. The van der Waals surface area contributed by atoms with Crippen molar-refractivity contribution in [3.8, 4) is 0 Å². The van der Waals surface area contributed by atoms with Crippen molar-refractivity contribution in [1.82, 2.24) is 4.90 Å². The molecule has 11 heteroatoms. The minimum Gasteiger partial charge on any atom is -0.335 e. The molecule has 2 unspecified atom stereocenters. The van der Waals surface area contributed by atoms with E-state index in [1.54, 1.807) is 13.8 Å². The molecule has 1 amide bonds. The fourth-order valence-corrected chi connectivity index (χ4v) is 4.77. The van der Waals surface area contributed by atoms with Crippen molar-refractivity contribution in [1.29, 1.82) is 0 Å². The van der Waals surface area contributed by atoms with E-state index in [4.69, 9.17) is 23.2 Å². The number of carbonyl (C=O) groups is 1. The molecule has 4 nitrogen and oxygen atoms in total. The van der Waals surface area contributed by atoms with Crippen LogP contribution in [0.3, 0.4) is 0 Å². The third-order valence-corrected chi connectivity index (χ3v) is 6.84. The van der Waals surface area contributed by atoms with Gasteiger partial charge in [-0.15, -0.1) is 0 Å². The number of likely N-dealkylation sites (tertiary alicyclic amines) is 1. The van der Waals surface area contributed by atoms with E-state index in [1.807, 2.05) is 0 Å². The summed E-state index contributed by atoms with van der Waals surface area (Å²) in [4.78, 5) is 13.4. The highest BCUT2D eigenvalue weighted by Gasteiger charge is 2.60. The number of azo groups is 1. The number of benzene rings is 2. The first-order valence-electron chi connectivity index (χ1n) is 10.5. The zero-order chi connectivity index (χ0) is 25.1. The lowest BCUT2D eigenvalue weighted by Gasteiger charge is -2.45. The van der Waals surface area contributed by atoms with Gasteiger partial charge in [-0.25, -0.2) is 8.78 Å². The Kier molecular flexibility index (Phi) is 6.17. The van der Waals surface area contributed by atoms with Gasteiger partial charge in [-0.1, -0.05) is 61.3 Å². The zero-order valence-corrected chi connectivity index (χ0v) is 19.6. The lowest BCUT2D eigenvalue weighted by atomic mass is 9.82. The monoisotopic (exact) mass is 519 g/mol. The van der Waals surface area contributed by atoms with E-state index in [1.165, 1.54) is 29.2 Å². The summed E-state index contributed by atoms with van der Waals surface area (Å²) in [6.07, 6.45) is -5.43. The standard InChI is InChI=1S/C23H20Cl2F5N3O/c1-12(2)20(34)33-10-21(27,11-33)14-5-3-13(4-6-14)18-9-22(32-31-18,23(28,29)30)15-7-16(24)19(26)17(25)8-15/h3-8,12,18H,9-11H2,1-2H3. The number of alkyl halides is 4. The Morgan fingerprint density at radius 3 is 2.15 bits per heavy atom. The third kappa shape index (κ3) is 4.06. The Labute approximate surface area is 202 Å². The van der Waals surface area contributed by atoms with Crippen LogP contribution in [-0.4, -0.2) is 30.1 Å². The molecule has 0 bridgehead atoms. The first kappa shape index (κ1) is 24.9. The normalized spacial score (nSPS) is 23.9. The minimum atomic E-state index is -4.85. The summed E-state index contributed by atoms with van der Waals surface area (Å²) < 4.78 is 71.5. The average molecular weight is 520 g/mol. The van der Waals surface area contributed by atoms with Gasteiger partial charge < -0.3 is 4.90 Å². The van der Waals surface area contributed by atoms with Gasteiger partial charge in [-0.2, -0.15) is 23.4 Å². The van der Waals surface area contributed by atoms with Gasteiger partial charge in [0.2, 0.25) is 11.4 Å². The minimum absolute atomic E-state index is 0.0736. The molecule has 0 aliphatic carbocycles.